The number of nitrogens with zero attached hydrogens (tertiary/aromatic N) is 1. The summed E-state index contributed by atoms with van der Waals surface area (Å²) in [5.41, 5.74) is -0.115. The molecule has 0 radical (unpaired) electrons. The number of rotatable bonds is 8. The number of likely N-dealkylation sites (N-methyl/N-ethyl adjacent to an activating group) is 1. The zero-order valence-corrected chi connectivity index (χ0v) is 11.0. The van der Waals surface area contributed by atoms with Gasteiger partial charge < -0.3 is 15.3 Å². The molecule has 2 N–H and O–H groups in total. The molecule has 0 amide bonds. The molecule has 0 aliphatic heterocycles. The molecule has 0 heterocycles. The van der Waals surface area contributed by atoms with Crippen LogP contribution in [0.5, 0.6) is 0 Å². The molecule has 3 nitrogen and oxygen atoms in total. The third-order valence-corrected chi connectivity index (χ3v) is 3.54. The van der Waals surface area contributed by atoms with Gasteiger partial charge in [0.2, 0.25) is 0 Å². The second kappa shape index (κ2) is 7.20. The quantitative estimate of drug-likeness (QED) is 0.645. The van der Waals surface area contributed by atoms with E-state index in [4.69, 9.17) is 0 Å². The fourth-order valence-electron chi connectivity index (χ4n) is 1.53. The maximum absolute atomic E-state index is 9.23. The van der Waals surface area contributed by atoms with E-state index >= 15 is 0 Å². The summed E-state index contributed by atoms with van der Waals surface area (Å²) in [5.74, 6) is 0. The van der Waals surface area contributed by atoms with E-state index in [-0.39, 0.29) is 12.1 Å². The van der Waals surface area contributed by atoms with Gasteiger partial charge in [-0.05, 0) is 53.8 Å². The summed E-state index contributed by atoms with van der Waals surface area (Å²) in [4.78, 5) is 2.38. The van der Waals surface area contributed by atoms with Gasteiger partial charge in [0.25, 0.3) is 0 Å². The molecule has 0 aromatic carbocycles. The number of nitrogens with one attached hydrogen (secondary N) is 1. The SMILES string of the molecule is CCC(C)N(C)CCCC(C)(CO)NC. The van der Waals surface area contributed by atoms with Gasteiger partial charge in [-0.15, -0.1) is 0 Å². The molecular weight excluding hydrogens is 188 g/mol. The van der Waals surface area contributed by atoms with E-state index in [1.165, 1.54) is 6.42 Å². The summed E-state index contributed by atoms with van der Waals surface area (Å²) in [6.07, 6.45) is 3.33. The fourth-order valence-corrected chi connectivity index (χ4v) is 1.53. The first-order valence-electron chi connectivity index (χ1n) is 5.99. The van der Waals surface area contributed by atoms with Crippen LogP contribution in [0.4, 0.5) is 0 Å². The standard InChI is InChI=1S/C12H28N2O/c1-6-11(2)14(5)9-7-8-12(3,10-15)13-4/h11,13,15H,6-10H2,1-5H3. The molecule has 0 spiro atoms. The number of aliphatic hydroxyl groups excluding tert-OH is 1. The Morgan fingerprint density at radius 1 is 1.47 bits per heavy atom. The largest absolute Gasteiger partial charge is 0.394 e. The molecule has 0 aliphatic carbocycles. The van der Waals surface area contributed by atoms with Crippen molar-refractivity contribution in [1.82, 2.24) is 10.2 Å². The Hall–Kier alpha value is -0.120. The van der Waals surface area contributed by atoms with E-state index < -0.39 is 0 Å². The van der Waals surface area contributed by atoms with Crippen LogP contribution >= 0.6 is 0 Å². The van der Waals surface area contributed by atoms with Gasteiger partial charge in [0.15, 0.2) is 0 Å². The Labute approximate surface area is 94.9 Å². The summed E-state index contributed by atoms with van der Waals surface area (Å²) in [6, 6.07) is 0.653. The molecule has 0 aliphatic rings. The first-order chi connectivity index (χ1) is 6.99. The lowest BCUT2D eigenvalue weighted by Gasteiger charge is -2.29. The van der Waals surface area contributed by atoms with Crippen molar-refractivity contribution in [2.45, 2.75) is 51.6 Å². The van der Waals surface area contributed by atoms with Gasteiger partial charge in [0, 0.05) is 11.6 Å². The smallest absolute Gasteiger partial charge is 0.0610 e. The Morgan fingerprint density at radius 2 is 2.07 bits per heavy atom. The zero-order chi connectivity index (χ0) is 11.9. The van der Waals surface area contributed by atoms with Crippen molar-refractivity contribution in [3.63, 3.8) is 0 Å². The van der Waals surface area contributed by atoms with Crippen molar-refractivity contribution < 1.29 is 5.11 Å². The highest BCUT2D eigenvalue weighted by Crippen LogP contribution is 2.12. The van der Waals surface area contributed by atoms with Crippen LogP contribution in [0.1, 0.15) is 40.0 Å². The third kappa shape index (κ3) is 5.50. The van der Waals surface area contributed by atoms with Gasteiger partial charge in [0.05, 0.1) is 6.61 Å². The first-order valence-corrected chi connectivity index (χ1v) is 5.99. The van der Waals surface area contributed by atoms with Crippen LogP contribution in [-0.4, -0.2) is 48.8 Å². The van der Waals surface area contributed by atoms with Crippen molar-refractivity contribution in [1.29, 1.82) is 0 Å². The predicted molar refractivity (Wildman–Crippen MR) is 66.2 cm³/mol. The summed E-state index contributed by atoms with van der Waals surface area (Å²) in [5, 5.41) is 12.4. The Morgan fingerprint density at radius 3 is 2.47 bits per heavy atom. The fraction of sp³-hybridized carbons (Fsp3) is 1.00. The van der Waals surface area contributed by atoms with Crippen LogP contribution in [0.25, 0.3) is 0 Å². The van der Waals surface area contributed by atoms with Crippen LogP contribution in [0, 0.1) is 0 Å². The molecule has 15 heavy (non-hydrogen) atoms. The highest BCUT2D eigenvalue weighted by Gasteiger charge is 2.20. The highest BCUT2D eigenvalue weighted by atomic mass is 16.3. The van der Waals surface area contributed by atoms with Gasteiger partial charge in [-0.3, -0.25) is 0 Å². The lowest BCUT2D eigenvalue weighted by atomic mass is 9.97. The lowest BCUT2D eigenvalue weighted by Crippen LogP contribution is -2.44. The molecule has 0 aromatic rings. The summed E-state index contributed by atoms with van der Waals surface area (Å²) < 4.78 is 0. The van der Waals surface area contributed by atoms with Crippen molar-refractivity contribution in [3.05, 3.63) is 0 Å². The Balaban J connectivity index is 3.78. The van der Waals surface area contributed by atoms with E-state index in [0.717, 1.165) is 19.4 Å². The summed E-state index contributed by atoms with van der Waals surface area (Å²) in [6.45, 7) is 7.84. The Bertz CT molecular complexity index is 158. The van der Waals surface area contributed by atoms with Gasteiger partial charge in [0.1, 0.15) is 0 Å². The number of aliphatic hydroxyl groups is 1. The van der Waals surface area contributed by atoms with Crippen molar-refractivity contribution in [2.75, 3.05) is 27.2 Å². The van der Waals surface area contributed by atoms with E-state index in [9.17, 15) is 5.11 Å². The summed E-state index contributed by atoms with van der Waals surface area (Å²) in [7, 11) is 4.08. The van der Waals surface area contributed by atoms with Crippen LogP contribution in [-0.2, 0) is 0 Å². The average Bonchev–Trinajstić information content (AvgIpc) is 2.27. The van der Waals surface area contributed by atoms with Crippen LogP contribution in [0.2, 0.25) is 0 Å². The normalized spacial score (nSPS) is 17.8. The monoisotopic (exact) mass is 216 g/mol. The maximum atomic E-state index is 9.23. The predicted octanol–water partition coefficient (Wildman–Crippen LogP) is 1.47. The van der Waals surface area contributed by atoms with Crippen LogP contribution < -0.4 is 5.32 Å². The minimum absolute atomic E-state index is 0.115. The number of hydrogen-bond donors (Lipinski definition) is 2. The number of hydrogen-bond acceptors (Lipinski definition) is 3. The Kier molecular flexibility index (Phi) is 7.14. The third-order valence-electron chi connectivity index (χ3n) is 3.54. The molecular formula is C12H28N2O. The molecule has 2 atom stereocenters. The second-order valence-electron chi connectivity index (χ2n) is 4.81. The highest BCUT2D eigenvalue weighted by molar-refractivity contribution is 4.80. The summed E-state index contributed by atoms with van der Waals surface area (Å²) >= 11 is 0. The van der Waals surface area contributed by atoms with Crippen molar-refractivity contribution >= 4 is 0 Å². The molecule has 0 aromatic heterocycles. The van der Waals surface area contributed by atoms with Crippen molar-refractivity contribution in [3.8, 4) is 0 Å². The lowest BCUT2D eigenvalue weighted by molar-refractivity contribution is 0.162. The van der Waals surface area contributed by atoms with E-state index in [1.807, 2.05) is 7.05 Å². The second-order valence-corrected chi connectivity index (χ2v) is 4.81. The van der Waals surface area contributed by atoms with Crippen molar-refractivity contribution in [2.24, 2.45) is 0 Å². The van der Waals surface area contributed by atoms with Gasteiger partial charge in [-0.2, -0.15) is 0 Å². The molecule has 2 unspecified atom stereocenters. The topological polar surface area (TPSA) is 35.5 Å². The molecule has 0 fully saturated rings. The van der Waals surface area contributed by atoms with Crippen LogP contribution in [0.15, 0.2) is 0 Å². The van der Waals surface area contributed by atoms with E-state index in [1.54, 1.807) is 0 Å². The maximum Gasteiger partial charge on any atom is 0.0610 e. The van der Waals surface area contributed by atoms with Crippen LogP contribution in [0.3, 0.4) is 0 Å². The van der Waals surface area contributed by atoms with Gasteiger partial charge in [-0.25, -0.2) is 0 Å². The molecule has 92 valence electrons. The molecule has 0 rings (SSSR count). The van der Waals surface area contributed by atoms with Gasteiger partial charge in [-0.1, -0.05) is 6.92 Å². The molecule has 0 bridgehead atoms. The van der Waals surface area contributed by atoms with Gasteiger partial charge >= 0.3 is 0 Å². The average molecular weight is 216 g/mol. The minimum Gasteiger partial charge on any atom is -0.394 e. The molecule has 0 saturated heterocycles. The van der Waals surface area contributed by atoms with E-state index in [0.29, 0.717) is 6.04 Å². The first kappa shape index (κ1) is 14.9. The molecule has 3 heteroatoms. The van der Waals surface area contributed by atoms with E-state index in [2.05, 4.69) is 38.0 Å². The molecule has 0 saturated carbocycles. The minimum atomic E-state index is -0.115. The zero-order valence-electron chi connectivity index (χ0n) is 11.0.